The highest BCUT2D eigenvalue weighted by Gasteiger charge is 2.29. The van der Waals surface area contributed by atoms with Crippen molar-refractivity contribution in [2.75, 3.05) is 44.8 Å². The molecular formula is C32H39FN8O. The fraction of sp³-hybridized carbons (Fsp3) is 0.438. The minimum Gasteiger partial charge on any atom is -0.381 e. The molecule has 5 aromatic rings. The van der Waals surface area contributed by atoms with Crippen molar-refractivity contribution in [3.63, 3.8) is 0 Å². The number of hydrogen-bond acceptors (Lipinski definition) is 7. The van der Waals surface area contributed by atoms with Crippen molar-refractivity contribution in [1.29, 1.82) is 0 Å². The maximum Gasteiger partial charge on any atom is 0.145 e. The number of halogens is 1. The first kappa shape index (κ1) is 28.2. The van der Waals surface area contributed by atoms with Crippen molar-refractivity contribution >= 4 is 27.9 Å². The maximum atomic E-state index is 15.7. The second kappa shape index (κ2) is 12.1. The van der Waals surface area contributed by atoms with Crippen LogP contribution in [0.15, 0.2) is 48.7 Å². The van der Waals surface area contributed by atoms with Crippen LogP contribution in [0.1, 0.15) is 43.5 Å². The third-order valence-corrected chi connectivity index (χ3v) is 8.55. The molecule has 42 heavy (non-hydrogen) atoms. The first-order chi connectivity index (χ1) is 20.5. The van der Waals surface area contributed by atoms with E-state index in [9.17, 15) is 0 Å². The number of nitrogens with one attached hydrogen (secondary N) is 1. The zero-order chi connectivity index (χ0) is 29.2. The molecule has 1 aliphatic rings. The predicted molar refractivity (Wildman–Crippen MR) is 164 cm³/mol. The third-order valence-electron chi connectivity index (χ3n) is 8.55. The fourth-order valence-electron chi connectivity index (χ4n) is 6.34. The summed E-state index contributed by atoms with van der Waals surface area (Å²) in [7, 11) is 3.85. The van der Waals surface area contributed by atoms with Crippen molar-refractivity contribution < 1.29 is 9.13 Å². The molecule has 1 aliphatic heterocycles. The van der Waals surface area contributed by atoms with E-state index in [4.69, 9.17) is 14.7 Å². The molecule has 9 nitrogen and oxygen atoms in total. The number of fused-ring (bicyclic) bond motifs is 3. The highest BCUT2D eigenvalue weighted by Crippen LogP contribution is 2.40. The number of aryl methyl sites for hydroxylation is 2. The molecule has 0 spiro atoms. The van der Waals surface area contributed by atoms with Crippen LogP contribution in [0.3, 0.4) is 0 Å². The lowest BCUT2D eigenvalue weighted by atomic mass is 9.89. The first-order valence-electron chi connectivity index (χ1n) is 14.9. The van der Waals surface area contributed by atoms with Gasteiger partial charge in [0.25, 0.3) is 0 Å². The average Bonchev–Trinajstić information content (AvgIpc) is 3.52. The predicted octanol–water partition coefficient (Wildman–Crippen LogP) is 5.28. The van der Waals surface area contributed by atoms with Crippen LogP contribution < -0.4 is 10.2 Å². The van der Waals surface area contributed by atoms with Gasteiger partial charge in [-0.05, 0) is 70.3 Å². The van der Waals surface area contributed by atoms with Gasteiger partial charge in [-0.1, -0.05) is 23.4 Å². The molecule has 6 rings (SSSR count). The van der Waals surface area contributed by atoms with Crippen LogP contribution >= 0.6 is 0 Å². The quantitative estimate of drug-likeness (QED) is 0.245. The number of hydrogen-bond donors (Lipinski definition) is 1. The van der Waals surface area contributed by atoms with Gasteiger partial charge < -0.3 is 19.5 Å². The minimum atomic E-state index is -0.271. The van der Waals surface area contributed by atoms with Crippen molar-refractivity contribution in [2.24, 2.45) is 13.0 Å². The monoisotopic (exact) mass is 570 g/mol. The van der Waals surface area contributed by atoms with Gasteiger partial charge in [0.2, 0.25) is 0 Å². The van der Waals surface area contributed by atoms with Gasteiger partial charge >= 0.3 is 0 Å². The lowest BCUT2D eigenvalue weighted by Gasteiger charge is -2.29. The Balaban J connectivity index is 1.62. The molecule has 0 bridgehead atoms. The van der Waals surface area contributed by atoms with E-state index in [0.29, 0.717) is 11.5 Å². The van der Waals surface area contributed by atoms with Crippen molar-refractivity contribution in [1.82, 2.24) is 34.8 Å². The molecule has 5 heterocycles. The Bertz CT molecular complexity index is 1670. The number of nitrogens with zero attached hydrogens (tertiary/aromatic N) is 7. The number of aromatic nitrogens is 6. The van der Waals surface area contributed by atoms with Gasteiger partial charge in [0.15, 0.2) is 0 Å². The van der Waals surface area contributed by atoms with Gasteiger partial charge in [-0.15, -0.1) is 5.10 Å². The van der Waals surface area contributed by atoms with E-state index in [1.807, 2.05) is 39.3 Å². The zero-order valence-corrected chi connectivity index (χ0v) is 24.8. The van der Waals surface area contributed by atoms with E-state index < -0.39 is 0 Å². The molecule has 0 aliphatic carbocycles. The number of likely N-dealkylation sites (N-methyl/N-ethyl adjacent to an activating group) is 2. The summed E-state index contributed by atoms with van der Waals surface area (Å²) in [5.41, 5.74) is 5.91. The van der Waals surface area contributed by atoms with E-state index in [2.05, 4.69) is 50.2 Å². The molecule has 1 aromatic carbocycles. The Labute approximate surface area is 245 Å². The van der Waals surface area contributed by atoms with Crippen molar-refractivity contribution in [2.45, 2.75) is 39.2 Å². The molecule has 220 valence electrons. The normalized spacial score (nSPS) is 15.1. The maximum absolute atomic E-state index is 15.7. The van der Waals surface area contributed by atoms with Crippen LogP contribution in [0, 0.1) is 18.7 Å². The standard InChI is InChI=1S/C32H39FN8O/c1-5-40(15-14-34-3)29-11-10-25-30-28(19-23(20-35-30)31-21(2)37-38-39(31)4)41(32(25)36-29)27(18-22-12-16-42-17-13-22)24-8-6-7-9-26(24)33/h6-11,19-20,22,27,34H,5,12-18H2,1-4H3. The smallest absolute Gasteiger partial charge is 0.145 e. The summed E-state index contributed by atoms with van der Waals surface area (Å²) in [6.07, 6.45) is 4.58. The lowest BCUT2D eigenvalue weighted by molar-refractivity contribution is 0.0608. The summed E-state index contributed by atoms with van der Waals surface area (Å²) < 4.78 is 25.4. The summed E-state index contributed by atoms with van der Waals surface area (Å²) in [6, 6.07) is 13.2. The van der Waals surface area contributed by atoms with Crippen molar-refractivity contribution in [3.05, 3.63) is 65.7 Å². The first-order valence-corrected chi connectivity index (χ1v) is 14.9. The van der Waals surface area contributed by atoms with E-state index in [-0.39, 0.29) is 11.9 Å². The second-order valence-corrected chi connectivity index (χ2v) is 11.2. The molecule has 0 saturated carbocycles. The van der Waals surface area contributed by atoms with Crippen LogP contribution in [-0.4, -0.2) is 69.4 Å². The highest BCUT2D eigenvalue weighted by molar-refractivity contribution is 6.05. The van der Waals surface area contributed by atoms with E-state index >= 15 is 4.39 Å². The number of ether oxygens (including phenoxy) is 1. The van der Waals surface area contributed by atoms with E-state index in [1.165, 1.54) is 0 Å². The fourth-order valence-corrected chi connectivity index (χ4v) is 6.34. The summed E-state index contributed by atoms with van der Waals surface area (Å²) >= 11 is 0. The molecule has 1 atom stereocenters. The van der Waals surface area contributed by atoms with Crippen molar-refractivity contribution in [3.8, 4) is 11.3 Å². The van der Waals surface area contributed by atoms with Crippen LogP contribution in [0.2, 0.25) is 0 Å². The topological polar surface area (TPSA) is 85.9 Å². The molecule has 4 aromatic heterocycles. The minimum absolute atomic E-state index is 0.208. The third kappa shape index (κ3) is 5.25. The molecule has 1 unspecified atom stereocenters. The van der Waals surface area contributed by atoms with Crippen LogP contribution in [0.5, 0.6) is 0 Å². The van der Waals surface area contributed by atoms with Crippen LogP contribution in [-0.2, 0) is 11.8 Å². The summed E-state index contributed by atoms with van der Waals surface area (Å²) in [5.74, 6) is 1.09. The number of pyridine rings is 2. The molecule has 10 heteroatoms. The van der Waals surface area contributed by atoms with Gasteiger partial charge in [-0.25, -0.2) is 14.1 Å². The van der Waals surface area contributed by atoms with Crippen LogP contribution in [0.25, 0.3) is 33.3 Å². The van der Waals surface area contributed by atoms with E-state index in [0.717, 1.165) is 96.9 Å². The second-order valence-electron chi connectivity index (χ2n) is 11.2. The van der Waals surface area contributed by atoms with Gasteiger partial charge in [0.05, 0.1) is 28.5 Å². The number of rotatable bonds is 10. The number of benzene rings is 1. The lowest BCUT2D eigenvalue weighted by Crippen LogP contribution is -2.31. The summed E-state index contributed by atoms with van der Waals surface area (Å²) in [4.78, 5) is 12.5. The van der Waals surface area contributed by atoms with Gasteiger partial charge in [0, 0.05) is 62.6 Å². The SMILES string of the molecule is CCN(CCNC)c1ccc2c3ncc(-c4c(C)nnn4C)cc3n(C(CC3CCOCC3)c3ccccc3F)c2n1. The Hall–Kier alpha value is -3.89. The Kier molecular flexibility index (Phi) is 8.17. The average molecular weight is 571 g/mol. The van der Waals surface area contributed by atoms with Gasteiger partial charge in [-0.2, -0.15) is 0 Å². The Morgan fingerprint density at radius 1 is 1.17 bits per heavy atom. The van der Waals surface area contributed by atoms with Crippen LogP contribution in [0.4, 0.5) is 10.2 Å². The van der Waals surface area contributed by atoms with Gasteiger partial charge in [0.1, 0.15) is 17.3 Å². The molecule has 1 fully saturated rings. The highest BCUT2D eigenvalue weighted by atomic mass is 19.1. The molecule has 1 saturated heterocycles. The largest absolute Gasteiger partial charge is 0.381 e. The Morgan fingerprint density at radius 3 is 2.69 bits per heavy atom. The number of anilines is 1. The van der Waals surface area contributed by atoms with Gasteiger partial charge in [-0.3, -0.25) is 4.98 Å². The molecule has 0 amide bonds. The molecule has 1 N–H and O–H groups in total. The summed E-state index contributed by atoms with van der Waals surface area (Å²) in [5, 5.41) is 12.7. The Morgan fingerprint density at radius 2 is 1.98 bits per heavy atom. The zero-order valence-electron chi connectivity index (χ0n) is 24.8. The molecule has 0 radical (unpaired) electrons. The van der Waals surface area contributed by atoms with E-state index in [1.54, 1.807) is 16.8 Å². The molecular weight excluding hydrogens is 531 g/mol. The summed E-state index contributed by atoms with van der Waals surface area (Å²) in [6.45, 7) is 8.07.